The van der Waals surface area contributed by atoms with Gasteiger partial charge in [0.25, 0.3) is 0 Å². The first-order valence-electron chi connectivity index (χ1n) is 7.76. The summed E-state index contributed by atoms with van der Waals surface area (Å²) in [5.74, 6) is 0.878. The summed E-state index contributed by atoms with van der Waals surface area (Å²) in [5.41, 5.74) is 1.93. The maximum Gasteiger partial charge on any atom is 0.161 e. The van der Waals surface area contributed by atoms with E-state index in [-0.39, 0.29) is 5.82 Å². The van der Waals surface area contributed by atoms with Gasteiger partial charge >= 0.3 is 0 Å². The number of benzene rings is 1. The third-order valence-corrected chi connectivity index (χ3v) is 5.01. The number of amidine groups is 1. The smallest absolute Gasteiger partial charge is 0.161 e. The van der Waals surface area contributed by atoms with E-state index >= 15 is 0 Å². The number of halogens is 1. The highest BCUT2D eigenvalue weighted by atomic mass is 32.2. The van der Waals surface area contributed by atoms with Crippen molar-refractivity contribution in [2.24, 2.45) is 4.99 Å². The second-order valence-electron chi connectivity index (χ2n) is 5.65. The van der Waals surface area contributed by atoms with Crippen molar-refractivity contribution in [3.8, 4) is 0 Å². The zero-order chi connectivity index (χ0) is 14.5. The summed E-state index contributed by atoms with van der Waals surface area (Å²) < 4.78 is 13.2. The minimum Gasteiger partial charge on any atom is -0.335 e. The van der Waals surface area contributed by atoms with Crippen LogP contribution in [0.15, 0.2) is 23.2 Å². The maximum absolute atomic E-state index is 13.2. The first kappa shape index (κ1) is 14.9. The topological polar surface area (TPSA) is 27.6 Å². The maximum atomic E-state index is 13.2. The Labute approximate surface area is 130 Å². The number of anilines is 1. The van der Waals surface area contributed by atoms with Gasteiger partial charge < -0.3 is 10.2 Å². The van der Waals surface area contributed by atoms with Crippen molar-refractivity contribution in [2.75, 3.05) is 30.7 Å². The second-order valence-corrected chi connectivity index (χ2v) is 6.74. The zero-order valence-electron chi connectivity index (χ0n) is 12.3. The molecule has 0 radical (unpaired) electrons. The molecule has 1 fully saturated rings. The van der Waals surface area contributed by atoms with Crippen LogP contribution < -0.4 is 5.32 Å². The van der Waals surface area contributed by atoms with Crippen molar-refractivity contribution in [3.63, 3.8) is 0 Å². The van der Waals surface area contributed by atoms with Crippen LogP contribution in [0.1, 0.15) is 31.2 Å². The Hall–Kier alpha value is -1.07. The molecule has 0 aliphatic carbocycles. The lowest BCUT2D eigenvalue weighted by molar-refractivity contribution is 0.333. The van der Waals surface area contributed by atoms with Crippen LogP contribution in [0.5, 0.6) is 0 Å². The van der Waals surface area contributed by atoms with Gasteiger partial charge in [0.05, 0.1) is 6.54 Å². The van der Waals surface area contributed by atoms with E-state index < -0.39 is 0 Å². The number of nitrogens with one attached hydrogen (secondary N) is 1. The number of rotatable bonds is 5. The van der Waals surface area contributed by atoms with Crippen molar-refractivity contribution in [1.29, 1.82) is 0 Å². The average molecular weight is 307 g/mol. The molecule has 0 atom stereocenters. The number of nitrogens with zero attached hydrogens (tertiary/aromatic N) is 2. The molecule has 0 amide bonds. The number of likely N-dealkylation sites (tertiary alicyclic amines) is 1. The van der Waals surface area contributed by atoms with Crippen LogP contribution in [-0.4, -0.2) is 35.5 Å². The Bertz CT molecular complexity index is 512. The molecule has 3 nitrogen and oxygen atoms in total. The van der Waals surface area contributed by atoms with E-state index in [4.69, 9.17) is 0 Å². The molecule has 0 bridgehead atoms. The average Bonchev–Trinajstić information content (AvgIpc) is 3.00. The van der Waals surface area contributed by atoms with E-state index in [1.165, 1.54) is 51.4 Å². The van der Waals surface area contributed by atoms with Crippen molar-refractivity contribution in [2.45, 2.75) is 32.2 Å². The van der Waals surface area contributed by atoms with Crippen LogP contribution in [0.4, 0.5) is 10.1 Å². The summed E-state index contributed by atoms with van der Waals surface area (Å²) >= 11 is 1.75. The predicted octanol–water partition coefficient (Wildman–Crippen LogP) is 3.72. The van der Waals surface area contributed by atoms with Crippen molar-refractivity contribution in [1.82, 2.24) is 4.90 Å². The van der Waals surface area contributed by atoms with Crippen LogP contribution in [0.3, 0.4) is 0 Å². The van der Waals surface area contributed by atoms with E-state index in [9.17, 15) is 4.39 Å². The molecule has 1 aromatic carbocycles. The minimum atomic E-state index is -0.196. The van der Waals surface area contributed by atoms with Crippen molar-refractivity contribution < 1.29 is 4.39 Å². The van der Waals surface area contributed by atoms with E-state index in [1.807, 2.05) is 0 Å². The lowest BCUT2D eigenvalue weighted by Crippen LogP contribution is -2.20. The Morgan fingerprint density at radius 3 is 2.95 bits per heavy atom. The molecular weight excluding hydrogens is 285 g/mol. The molecular formula is C16H22FN3S. The molecule has 1 aromatic rings. The number of thioether (sulfide) groups is 1. The Morgan fingerprint density at radius 1 is 1.24 bits per heavy atom. The molecule has 2 aliphatic heterocycles. The normalized spacial score (nSPS) is 18.2. The molecule has 2 aliphatic rings. The third kappa shape index (κ3) is 4.20. The number of fused-ring (bicyclic) bond motifs is 1. The number of hydrogen-bond acceptors (Lipinski definition) is 4. The van der Waals surface area contributed by atoms with Crippen LogP contribution in [-0.2, 0) is 6.54 Å². The Kier molecular flexibility index (Phi) is 5.14. The molecule has 114 valence electrons. The van der Waals surface area contributed by atoms with Gasteiger partial charge in [0, 0.05) is 11.4 Å². The van der Waals surface area contributed by atoms with Gasteiger partial charge in [-0.1, -0.05) is 17.8 Å². The largest absolute Gasteiger partial charge is 0.335 e. The van der Waals surface area contributed by atoms with Crippen molar-refractivity contribution in [3.05, 3.63) is 29.6 Å². The first-order chi connectivity index (χ1) is 10.3. The Morgan fingerprint density at radius 2 is 2.10 bits per heavy atom. The monoisotopic (exact) mass is 307 g/mol. The van der Waals surface area contributed by atoms with Crippen LogP contribution in [0, 0.1) is 5.82 Å². The van der Waals surface area contributed by atoms with E-state index in [0.29, 0.717) is 6.54 Å². The molecule has 0 aromatic heterocycles. The zero-order valence-corrected chi connectivity index (χ0v) is 13.1. The highest BCUT2D eigenvalue weighted by Gasteiger charge is 2.13. The highest BCUT2D eigenvalue weighted by Crippen LogP contribution is 2.24. The van der Waals surface area contributed by atoms with Gasteiger partial charge in [0.2, 0.25) is 0 Å². The summed E-state index contributed by atoms with van der Waals surface area (Å²) in [6.07, 6.45) is 5.19. The molecule has 5 heteroatoms. The summed E-state index contributed by atoms with van der Waals surface area (Å²) in [6.45, 7) is 4.45. The molecule has 2 heterocycles. The van der Waals surface area contributed by atoms with Gasteiger partial charge in [-0.15, -0.1) is 0 Å². The van der Waals surface area contributed by atoms with E-state index in [1.54, 1.807) is 23.9 Å². The standard InChI is InChI=1S/C16H22FN3S/c17-14-6-5-13-12-18-16(19-15(13)11-14)21-10-4-3-9-20-7-1-2-8-20/h5-6,11H,1-4,7-10,12H2,(H,18,19). The van der Waals surface area contributed by atoms with Gasteiger partial charge in [-0.25, -0.2) is 4.39 Å². The van der Waals surface area contributed by atoms with Crippen LogP contribution in [0.25, 0.3) is 0 Å². The number of unbranched alkanes of at least 4 members (excludes halogenated alkanes) is 1. The van der Waals surface area contributed by atoms with Crippen LogP contribution >= 0.6 is 11.8 Å². The fraction of sp³-hybridized carbons (Fsp3) is 0.562. The number of hydrogen-bond donors (Lipinski definition) is 1. The van der Waals surface area contributed by atoms with Gasteiger partial charge in [0.1, 0.15) is 5.82 Å². The highest BCUT2D eigenvalue weighted by molar-refractivity contribution is 8.14. The summed E-state index contributed by atoms with van der Waals surface area (Å²) in [5, 5.41) is 4.16. The Balaban J connectivity index is 1.37. The SMILES string of the molecule is Fc1ccc2c(c1)NC(SCCCCN1CCCC1)=NC2. The van der Waals surface area contributed by atoms with Gasteiger partial charge in [0.15, 0.2) is 5.17 Å². The predicted molar refractivity (Wildman–Crippen MR) is 88.5 cm³/mol. The molecule has 1 N–H and O–H groups in total. The van der Waals surface area contributed by atoms with Gasteiger partial charge in [-0.3, -0.25) is 4.99 Å². The summed E-state index contributed by atoms with van der Waals surface area (Å²) in [6, 6.07) is 4.85. The summed E-state index contributed by atoms with van der Waals surface area (Å²) in [7, 11) is 0. The molecule has 0 saturated carbocycles. The molecule has 0 spiro atoms. The fourth-order valence-electron chi connectivity index (χ4n) is 2.81. The molecule has 3 rings (SSSR count). The summed E-state index contributed by atoms with van der Waals surface area (Å²) in [4.78, 5) is 7.07. The molecule has 1 saturated heterocycles. The van der Waals surface area contributed by atoms with Crippen LogP contribution in [0.2, 0.25) is 0 Å². The minimum absolute atomic E-state index is 0.196. The van der Waals surface area contributed by atoms with Gasteiger partial charge in [-0.2, -0.15) is 0 Å². The lowest BCUT2D eigenvalue weighted by atomic mass is 10.1. The van der Waals surface area contributed by atoms with Crippen molar-refractivity contribution >= 4 is 22.6 Å². The fourth-order valence-corrected chi connectivity index (χ4v) is 3.69. The molecule has 0 unspecified atom stereocenters. The number of aliphatic imine (C=N–C) groups is 1. The van der Waals surface area contributed by atoms with E-state index in [2.05, 4.69) is 15.2 Å². The third-order valence-electron chi connectivity index (χ3n) is 4.01. The quantitative estimate of drug-likeness (QED) is 0.840. The molecule has 21 heavy (non-hydrogen) atoms. The second kappa shape index (κ2) is 7.27. The first-order valence-corrected chi connectivity index (χ1v) is 8.75. The lowest BCUT2D eigenvalue weighted by Gasteiger charge is -2.18. The van der Waals surface area contributed by atoms with Gasteiger partial charge in [-0.05, 0) is 63.0 Å². The van der Waals surface area contributed by atoms with E-state index in [0.717, 1.165) is 22.2 Å².